The number of halogens is 2. The fourth-order valence-electron chi connectivity index (χ4n) is 1.67. The van der Waals surface area contributed by atoms with Crippen molar-refractivity contribution in [3.8, 4) is 0 Å². The molecular formula is C13H13BrClN3O2S. The highest BCUT2D eigenvalue weighted by molar-refractivity contribution is 9.10. The largest absolute Gasteiger partial charge is 0.372 e. The molecule has 1 heterocycles. The van der Waals surface area contributed by atoms with Crippen molar-refractivity contribution in [3.05, 3.63) is 51.6 Å². The van der Waals surface area contributed by atoms with E-state index in [-0.39, 0.29) is 11.4 Å². The SMILES string of the molecule is CNc1ncc(Br)cc1S(=O)(=O)NCc1ccc(Cl)cc1. The van der Waals surface area contributed by atoms with Crippen LogP contribution in [0.5, 0.6) is 0 Å². The third kappa shape index (κ3) is 4.16. The number of anilines is 1. The van der Waals surface area contributed by atoms with Gasteiger partial charge in [0.15, 0.2) is 0 Å². The number of sulfonamides is 1. The molecule has 2 aromatic rings. The average molecular weight is 391 g/mol. The standard InChI is InChI=1S/C13H13BrClN3O2S/c1-16-13-12(6-10(14)8-17-13)21(19,20)18-7-9-2-4-11(15)5-3-9/h2-6,8,18H,7H2,1H3,(H,16,17). The molecule has 0 fully saturated rings. The molecule has 0 bridgehead atoms. The van der Waals surface area contributed by atoms with Gasteiger partial charge < -0.3 is 5.32 Å². The van der Waals surface area contributed by atoms with Gasteiger partial charge in [-0.25, -0.2) is 18.1 Å². The molecule has 1 aromatic carbocycles. The quantitative estimate of drug-likeness (QED) is 0.823. The van der Waals surface area contributed by atoms with Crippen molar-refractivity contribution < 1.29 is 8.42 Å². The van der Waals surface area contributed by atoms with Crippen molar-refractivity contribution in [2.45, 2.75) is 11.4 Å². The lowest BCUT2D eigenvalue weighted by molar-refractivity contribution is 0.581. The topological polar surface area (TPSA) is 71.1 Å². The maximum atomic E-state index is 12.4. The van der Waals surface area contributed by atoms with Crippen LogP contribution in [0.4, 0.5) is 5.82 Å². The van der Waals surface area contributed by atoms with E-state index in [2.05, 4.69) is 31.0 Å². The lowest BCUT2D eigenvalue weighted by atomic mass is 10.2. The van der Waals surface area contributed by atoms with Gasteiger partial charge >= 0.3 is 0 Å². The molecule has 0 unspecified atom stereocenters. The molecule has 5 nitrogen and oxygen atoms in total. The van der Waals surface area contributed by atoms with Crippen LogP contribution in [0.3, 0.4) is 0 Å². The molecule has 0 saturated carbocycles. The lowest BCUT2D eigenvalue weighted by Crippen LogP contribution is -2.24. The number of pyridine rings is 1. The van der Waals surface area contributed by atoms with E-state index < -0.39 is 10.0 Å². The fraction of sp³-hybridized carbons (Fsp3) is 0.154. The van der Waals surface area contributed by atoms with Gasteiger partial charge in [-0.1, -0.05) is 23.7 Å². The molecule has 21 heavy (non-hydrogen) atoms. The molecular weight excluding hydrogens is 378 g/mol. The highest BCUT2D eigenvalue weighted by Crippen LogP contribution is 2.22. The van der Waals surface area contributed by atoms with E-state index in [0.717, 1.165) is 5.56 Å². The summed E-state index contributed by atoms with van der Waals surface area (Å²) in [4.78, 5) is 4.13. The van der Waals surface area contributed by atoms with E-state index in [1.54, 1.807) is 31.3 Å². The van der Waals surface area contributed by atoms with Gasteiger partial charge in [0.1, 0.15) is 10.7 Å². The second kappa shape index (κ2) is 6.74. The zero-order valence-electron chi connectivity index (χ0n) is 11.1. The minimum atomic E-state index is -3.67. The molecule has 0 aliphatic carbocycles. The van der Waals surface area contributed by atoms with Crippen molar-refractivity contribution >= 4 is 43.4 Å². The van der Waals surface area contributed by atoms with E-state index in [1.807, 2.05) is 0 Å². The van der Waals surface area contributed by atoms with Gasteiger partial charge in [0.25, 0.3) is 0 Å². The highest BCUT2D eigenvalue weighted by Gasteiger charge is 2.19. The Kier molecular flexibility index (Phi) is 5.21. The Morgan fingerprint density at radius 1 is 1.29 bits per heavy atom. The zero-order valence-corrected chi connectivity index (χ0v) is 14.3. The zero-order chi connectivity index (χ0) is 15.5. The van der Waals surface area contributed by atoms with E-state index in [1.165, 1.54) is 12.3 Å². The summed E-state index contributed by atoms with van der Waals surface area (Å²) in [5, 5.41) is 3.37. The molecule has 0 atom stereocenters. The number of benzene rings is 1. The number of nitrogens with zero attached hydrogens (tertiary/aromatic N) is 1. The van der Waals surface area contributed by atoms with Crippen LogP contribution in [0.15, 0.2) is 45.9 Å². The third-order valence-electron chi connectivity index (χ3n) is 2.73. The predicted octanol–water partition coefficient (Wildman–Crippen LogP) is 3.02. The van der Waals surface area contributed by atoms with Gasteiger partial charge in [-0.15, -0.1) is 0 Å². The van der Waals surface area contributed by atoms with E-state index >= 15 is 0 Å². The Morgan fingerprint density at radius 2 is 1.95 bits per heavy atom. The van der Waals surface area contributed by atoms with Gasteiger partial charge in [0.05, 0.1) is 0 Å². The minimum Gasteiger partial charge on any atom is -0.372 e. The molecule has 112 valence electrons. The minimum absolute atomic E-state index is 0.0911. The Morgan fingerprint density at radius 3 is 2.57 bits per heavy atom. The van der Waals surface area contributed by atoms with Crippen LogP contribution < -0.4 is 10.0 Å². The molecule has 0 aliphatic heterocycles. The van der Waals surface area contributed by atoms with Gasteiger partial charge in [0.2, 0.25) is 10.0 Å². The maximum Gasteiger partial charge on any atom is 0.244 e. The summed E-state index contributed by atoms with van der Waals surface area (Å²) in [6.45, 7) is 0.176. The highest BCUT2D eigenvalue weighted by atomic mass is 79.9. The number of rotatable bonds is 5. The van der Waals surface area contributed by atoms with Crippen LogP contribution in [0.2, 0.25) is 5.02 Å². The number of hydrogen-bond acceptors (Lipinski definition) is 4. The van der Waals surface area contributed by atoms with Gasteiger partial charge in [-0.05, 0) is 39.7 Å². The first-order chi connectivity index (χ1) is 9.92. The van der Waals surface area contributed by atoms with Gasteiger partial charge in [-0.3, -0.25) is 0 Å². The van der Waals surface area contributed by atoms with Crippen LogP contribution in [0.25, 0.3) is 0 Å². The summed E-state index contributed by atoms with van der Waals surface area (Å²) in [7, 11) is -2.05. The normalized spacial score (nSPS) is 11.4. The molecule has 2 N–H and O–H groups in total. The second-order valence-electron chi connectivity index (χ2n) is 4.20. The molecule has 8 heteroatoms. The van der Waals surface area contributed by atoms with E-state index in [4.69, 9.17) is 11.6 Å². The fourth-order valence-corrected chi connectivity index (χ4v) is 3.48. The van der Waals surface area contributed by atoms with Crippen molar-refractivity contribution in [2.24, 2.45) is 0 Å². The van der Waals surface area contributed by atoms with Crippen LogP contribution in [-0.4, -0.2) is 20.4 Å². The van der Waals surface area contributed by atoms with Gasteiger partial charge in [0, 0.05) is 29.3 Å². The molecule has 0 amide bonds. The molecule has 0 radical (unpaired) electrons. The molecule has 1 aromatic heterocycles. The molecule has 0 spiro atoms. The Balaban J connectivity index is 2.22. The maximum absolute atomic E-state index is 12.4. The first-order valence-electron chi connectivity index (χ1n) is 6.00. The Labute approximate surface area is 136 Å². The van der Waals surface area contributed by atoms with Crippen molar-refractivity contribution in [1.29, 1.82) is 0 Å². The van der Waals surface area contributed by atoms with Crippen molar-refractivity contribution in [2.75, 3.05) is 12.4 Å². The van der Waals surface area contributed by atoms with Gasteiger partial charge in [-0.2, -0.15) is 0 Å². The van der Waals surface area contributed by atoms with E-state index in [0.29, 0.717) is 15.3 Å². The first-order valence-corrected chi connectivity index (χ1v) is 8.65. The van der Waals surface area contributed by atoms with Crippen LogP contribution in [-0.2, 0) is 16.6 Å². The summed E-state index contributed by atoms with van der Waals surface area (Å²) in [5.41, 5.74) is 0.817. The van der Waals surface area contributed by atoms with Crippen molar-refractivity contribution in [1.82, 2.24) is 9.71 Å². The summed E-state index contributed by atoms with van der Waals surface area (Å²) < 4.78 is 27.9. The molecule has 2 rings (SSSR count). The lowest BCUT2D eigenvalue weighted by Gasteiger charge is -2.11. The summed E-state index contributed by atoms with van der Waals surface area (Å²) in [6.07, 6.45) is 1.53. The third-order valence-corrected chi connectivity index (χ3v) is 4.83. The molecule has 0 saturated heterocycles. The van der Waals surface area contributed by atoms with Crippen LogP contribution in [0, 0.1) is 0 Å². The average Bonchev–Trinajstić information content (AvgIpc) is 2.47. The number of nitrogens with one attached hydrogen (secondary N) is 2. The Bertz CT molecular complexity index is 736. The number of hydrogen-bond donors (Lipinski definition) is 2. The summed E-state index contributed by atoms with van der Waals surface area (Å²) in [5.74, 6) is 0.293. The molecule has 0 aliphatic rings. The Hall–Kier alpha value is -1.15. The summed E-state index contributed by atoms with van der Waals surface area (Å²) >= 11 is 9.02. The predicted molar refractivity (Wildman–Crippen MR) is 87.0 cm³/mol. The van der Waals surface area contributed by atoms with Crippen LogP contribution in [0.1, 0.15) is 5.56 Å². The van der Waals surface area contributed by atoms with Crippen molar-refractivity contribution in [3.63, 3.8) is 0 Å². The summed E-state index contributed by atoms with van der Waals surface area (Å²) in [6, 6.07) is 8.46. The van der Waals surface area contributed by atoms with Crippen LogP contribution >= 0.6 is 27.5 Å². The second-order valence-corrected chi connectivity index (χ2v) is 7.29. The number of aromatic nitrogens is 1. The monoisotopic (exact) mass is 389 g/mol. The first kappa shape index (κ1) is 16.2. The van der Waals surface area contributed by atoms with E-state index in [9.17, 15) is 8.42 Å². The smallest absolute Gasteiger partial charge is 0.244 e.